The Kier molecular flexibility index (Phi) is 3.67. The predicted molar refractivity (Wildman–Crippen MR) is 72.0 cm³/mol. The summed E-state index contributed by atoms with van der Waals surface area (Å²) in [4.78, 5) is 22.2. The molecule has 2 rings (SSSR count). The lowest BCUT2D eigenvalue weighted by atomic mass is 9.97. The molecule has 0 aromatic heterocycles. The van der Waals surface area contributed by atoms with Crippen LogP contribution in [0.2, 0.25) is 0 Å². The highest BCUT2D eigenvalue weighted by Gasteiger charge is 2.16. The molecular formula is C15H9FN2O3. The second-order valence-electron chi connectivity index (χ2n) is 4.21. The molecule has 0 fully saturated rings. The summed E-state index contributed by atoms with van der Waals surface area (Å²) in [7, 11) is 0. The van der Waals surface area contributed by atoms with Gasteiger partial charge in [0.25, 0.3) is 5.91 Å². The molecule has 5 nitrogen and oxygen atoms in total. The Hall–Kier alpha value is -3.20. The molecule has 6 heteroatoms. The van der Waals surface area contributed by atoms with Crippen LogP contribution in [-0.4, -0.2) is 17.0 Å². The molecule has 0 bridgehead atoms. The van der Waals surface area contributed by atoms with Crippen molar-refractivity contribution < 1.29 is 19.1 Å². The van der Waals surface area contributed by atoms with Gasteiger partial charge in [-0.3, -0.25) is 4.79 Å². The Balaban J connectivity index is 2.66. The molecule has 0 radical (unpaired) electrons. The van der Waals surface area contributed by atoms with E-state index < -0.39 is 17.7 Å². The molecule has 0 unspecified atom stereocenters. The first kappa shape index (κ1) is 14.2. The van der Waals surface area contributed by atoms with E-state index in [9.17, 15) is 14.0 Å². The van der Waals surface area contributed by atoms with Gasteiger partial charge in [-0.1, -0.05) is 18.2 Å². The van der Waals surface area contributed by atoms with E-state index >= 15 is 0 Å². The van der Waals surface area contributed by atoms with Crippen LogP contribution in [0.1, 0.15) is 26.3 Å². The third-order valence-electron chi connectivity index (χ3n) is 2.95. The molecule has 2 aromatic rings. The van der Waals surface area contributed by atoms with Gasteiger partial charge in [0.1, 0.15) is 11.9 Å². The number of hydrogen-bond acceptors (Lipinski definition) is 3. The van der Waals surface area contributed by atoms with Gasteiger partial charge in [-0.15, -0.1) is 0 Å². The Bertz CT molecular complexity index is 794. The molecular weight excluding hydrogens is 275 g/mol. The number of rotatable bonds is 3. The zero-order valence-corrected chi connectivity index (χ0v) is 10.6. The van der Waals surface area contributed by atoms with Crippen molar-refractivity contribution in [3.05, 3.63) is 58.9 Å². The number of halogens is 1. The second kappa shape index (κ2) is 5.43. The average molecular weight is 284 g/mol. The zero-order chi connectivity index (χ0) is 15.6. The van der Waals surface area contributed by atoms with E-state index in [1.54, 1.807) is 6.07 Å². The van der Waals surface area contributed by atoms with Gasteiger partial charge in [0.05, 0.1) is 16.7 Å². The summed E-state index contributed by atoms with van der Waals surface area (Å²) in [6.07, 6.45) is 0. The van der Waals surface area contributed by atoms with Crippen molar-refractivity contribution in [2.24, 2.45) is 5.73 Å². The van der Waals surface area contributed by atoms with E-state index in [2.05, 4.69) is 0 Å². The van der Waals surface area contributed by atoms with E-state index in [-0.39, 0.29) is 27.8 Å². The normalized spacial score (nSPS) is 9.90. The van der Waals surface area contributed by atoms with Gasteiger partial charge < -0.3 is 10.8 Å². The van der Waals surface area contributed by atoms with Crippen molar-refractivity contribution in [2.75, 3.05) is 0 Å². The zero-order valence-electron chi connectivity index (χ0n) is 10.6. The minimum absolute atomic E-state index is 0.0299. The standard InChI is InChI=1S/C15H9FN2O3/c16-13-10(2-1-3-11(13)14(18)19)8-4-5-9(7-17)12(6-8)15(20)21/h1-6H,(H2,18,19)(H,20,21). The number of nitrogens with zero attached hydrogens (tertiary/aromatic N) is 1. The molecule has 0 atom stereocenters. The van der Waals surface area contributed by atoms with E-state index in [1.165, 1.54) is 36.4 Å². The van der Waals surface area contributed by atoms with Crippen molar-refractivity contribution >= 4 is 11.9 Å². The van der Waals surface area contributed by atoms with Gasteiger partial charge in [0, 0.05) is 5.56 Å². The molecule has 1 amide bonds. The summed E-state index contributed by atoms with van der Waals surface area (Å²) < 4.78 is 14.2. The fourth-order valence-electron chi connectivity index (χ4n) is 1.93. The van der Waals surface area contributed by atoms with Crippen LogP contribution in [-0.2, 0) is 0 Å². The third kappa shape index (κ3) is 2.58. The largest absolute Gasteiger partial charge is 0.478 e. The number of nitriles is 1. The summed E-state index contributed by atoms with van der Waals surface area (Å²) in [6.45, 7) is 0. The van der Waals surface area contributed by atoms with Gasteiger partial charge in [0.15, 0.2) is 0 Å². The molecule has 104 valence electrons. The lowest BCUT2D eigenvalue weighted by molar-refractivity contribution is 0.0696. The smallest absolute Gasteiger partial charge is 0.337 e. The molecule has 21 heavy (non-hydrogen) atoms. The summed E-state index contributed by atoms with van der Waals surface area (Å²) >= 11 is 0. The monoisotopic (exact) mass is 284 g/mol. The number of primary amides is 1. The minimum Gasteiger partial charge on any atom is -0.478 e. The fourth-order valence-corrected chi connectivity index (χ4v) is 1.93. The number of carboxylic acid groups (broad SMARTS) is 1. The Morgan fingerprint density at radius 1 is 1.19 bits per heavy atom. The van der Waals surface area contributed by atoms with E-state index in [0.717, 1.165) is 0 Å². The van der Waals surface area contributed by atoms with Crippen LogP contribution in [0.5, 0.6) is 0 Å². The first-order valence-electron chi connectivity index (χ1n) is 5.82. The molecule has 0 saturated heterocycles. The van der Waals surface area contributed by atoms with Crippen LogP contribution in [0, 0.1) is 17.1 Å². The quantitative estimate of drug-likeness (QED) is 0.901. The number of carbonyl (C=O) groups excluding carboxylic acids is 1. The molecule has 0 spiro atoms. The molecule has 0 heterocycles. The molecule has 0 saturated carbocycles. The molecule has 0 aliphatic rings. The van der Waals surface area contributed by atoms with Crippen LogP contribution < -0.4 is 5.73 Å². The number of hydrogen-bond donors (Lipinski definition) is 2. The van der Waals surface area contributed by atoms with Crippen LogP contribution in [0.25, 0.3) is 11.1 Å². The predicted octanol–water partition coefficient (Wildman–Crippen LogP) is 2.16. The van der Waals surface area contributed by atoms with Crippen molar-refractivity contribution in [1.82, 2.24) is 0 Å². The summed E-state index contributed by atoms with van der Waals surface area (Å²) in [5, 5.41) is 17.9. The highest BCUT2D eigenvalue weighted by molar-refractivity contribution is 5.95. The number of carbonyl (C=O) groups is 2. The minimum atomic E-state index is -1.29. The van der Waals surface area contributed by atoms with E-state index in [0.29, 0.717) is 0 Å². The van der Waals surface area contributed by atoms with Gasteiger partial charge in [-0.2, -0.15) is 5.26 Å². The number of aromatic carboxylic acids is 1. The Labute approximate surface area is 119 Å². The molecule has 2 aromatic carbocycles. The number of amides is 1. The Morgan fingerprint density at radius 2 is 1.90 bits per heavy atom. The second-order valence-corrected chi connectivity index (χ2v) is 4.21. The van der Waals surface area contributed by atoms with Crippen molar-refractivity contribution in [3.63, 3.8) is 0 Å². The van der Waals surface area contributed by atoms with Crippen LogP contribution in [0.4, 0.5) is 4.39 Å². The van der Waals surface area contributed by atoms with Crippen LogP contribution in [0.3, 0.4) is 0 Å². The van der Waals surface area contributed by atoms with Crippen molar-refractivity contribution in [1.29, 1.82) is 5.26 Å². The summed E-state index contributed by atoms with van der Waals surface area (Å²) in [5.41, 5.74) is 4.80. The van der Waals surface area contributed by atoms with Gasteiger partial charge in [0.2, 0.25) is 0 Å². The Morgan fingerprint density at radius 3 is 2.48 bits per heavy atom. The van der Waals surface area contributed by atoms with Crippen LogP contribution in [0.15, 0.2) is 36.4 Å². The highest BCUT2D eigenvalue weighted by atomic mass is 19.1. The molecule has 3 N–H and O–H groups in total. The average Bonchev–Trinajstić information content (AvgIpc) is 2.46. The van der Waals surface area contributed by atoms with E-state index in [1.807, 2.05) is 0 Å². The first-order valence-corrected chi connectivity index (χ1v) is 5.82. The summed E-state index contributed by atoms with van der Waals surface area (Å²) in [6, 6.07) is 9.71. The van der Waals surface area contributed by atoms with Crippen LogP contribution >= 0.6 is 0 Å². The van der Waals surface area contributed by atoms with Gasteiger partial charge in [-0.25, -0.2) is 9.18 Å². The maximum Gasteiger partial charge on any atom is 0.337 e. The number of nitrogens with two attached hydrogens (primary N) is 1. The fraction of sp³-hybridized carbons (Fsp3) is 0. The summed E-state index contributed by atoms with van der Waals surface area (Å²) in [5.74, 6) is -3.03. The topological polar surface area (TPSA) is 104 Å². The maximum absolute atomic E-state index is 14.2. The molecule has 0 aliphatic heterocycles. The highest BCUT2D eigenvalue weighted by Crippen LogP contribution is 2.27. The van der Waals surface area contributed by atoms with Gasteiger partial charge >= 0.3 is 5.97 Å². The maximum atomic E-state index is 14.2. The first-order chi connectivity index (χ1) is 9.95. The van der Waals surface area contributed by atoms with Crippen molar-refractivity contribution in [2.45, 2.75) is 0 Å². The third-order valence-corrected chi connectivity index (χ3v) is 2.95. The van der Waals surface area contributed by atoms with E-state index in [4.69, 9.17) is 16.1 Å². The molecule has 0 aliphatic carbocycles. The lowest BCUT2D eigenvalue weighted by Crippen LogP contribution is -2.13. The van der Waals surface area contributed by atoms with Gasteiger partial charge in [-0.05, 0) is 23.8 Å². The lowest BCUT2D eigenvalue weighted by Gasteiger charge is -2.08. The SMILES string of the molecule is N#Cc1ccc(-c2cccc(C(N)=O)c2F)cc1C(=O)O. The van der Waals surface area contributed by atoms with Crippen molar-refractivity contribution in [3.8, 4) is 17.2 Å². The number of carboxylic acids is 1. The number of benzene rings is 2.